The number of anilines is 2. The molecule has 30 heavy (non-hydrogen) atoms. The first-order chi connectivity index (χ1) is 14.3. The lowest BCUT2D eigenvalue weighted by atomic mass is 10.0. The van der Waals surface area contributed by atoms with Gasteiger partial charge >= 0.3 is 0 Å². The van der Waals surface area contributed by atoms with Crippen molar-refractivity contribution in [2.24, 2.45) is 0 Å². The van der Waals surface area contributed by atoms with E-state index in [9.17, 15) is 28.3 Å². The molecule has 0 saturated carbocycles. The molecule has 0 spiro atoms. The zero-order valence-electron chi connectivity index (χ0n) is 15.9. The SMILES string of the molecule is O=C1CCc2cc(N3CC[C@](O)(C(=O)NCc4c(F)cccc4F)C3=O)ccc2N1. The lowest BCUT2D eigenvalue weighted by Crippen LogP contribution is -2.52. The number of fused-ring (bicyclic) bond motifs is 1. The zero-order chi connectivity index (χ0) is 21.5. The van der Waals surface area contributed by atoms with Crippen LogP contribution >= 0.6 is 0 Å². The monoisotopic (exact) mass is 415 g/mol. The second-order valence-electron chi connectivity index (χ2n) is 7.34. The summed E-state index contributed by atoms with van der Waals surface area (Å²) in [5, 5.41) is 15.7. The third kappa shape index (κ3) is 3.41. The number of nitrogens with one attached hydrogen (secondary N) is 2. The molecule has 0 unspecified atom stereocenters. The van der Waals surface area contributed by atoms with Gasteiger partial charge in [-0.25, -0.2) is 8.78 Å². The summed E-state index contributed by atoms with van der Waals surface area (Å²) in [5.74, 6) is -3.56. The molecule has 0 bridgehead atoms. The Balaban J connectivity index is 1.49. The molecule has 1 atom stereocenters. The van der Waals surface area contributed by atoms with Gasteiger partial charge in [-0.15, -0.1) is 0 Å². The van der Waals surface area contributed by atoms with Crippen molar-refractivity contribution in [2.45, 2.75) is 31.4 Å². The van der Waals surface area contributed by atoms with Gasteiger partial charge in [0.25, 0.3) is 11.8 Å². The second-order valence-corrected chi connectivity index (χ2v) is 7.34. The van der Waals surface area contributed by atoms with Crippen LogP contribution in [0.1, 0.15) is 24.0 Å². The Morgan fingerprint density at radius 3 is 2.63 bits per heavy atom. The van der Waals surface area contributed by atoms with Crippen LogP contribution in [0.5, 0.6) is 0 Å². The van der Waals surface area contributed by atoms with Crippen LogP contribution < -0.4 is 15.5 Å². The van der Waals surface area contributed by atoms with Crippen molar-refractivity contribution >= 4 is 29.1 Å². The van der Waals surface area contributed by atoms with Gasteiger partial charge in [-0.05, 0) is 42.3 Å². The van der Waals surface area contributed by atoms with Crippen molar-refractivity contribution in [1.29, 1.82) is 0 Å². The highest BCUT2D eigenvalue weighted by Crippen LogP contribution is 2.33. The van der Waals surface area contributed by atoms with Crippen LogP contribution in [0.15, 0.2) is 36.4 Å². The molecule has 7 nitrogen and oxygen atoms in total. The molecule has 9 heteroatoms. The summed E-state index contributed by atoms with van der Waals surface area (Å²) in [6.07, 6.45) is 0.699. The lowest BCUT2D eigenvalue weighted by Gasteiger charge is -2.24. The van der Waals surface area contributed by atoms with E-state index in [1.807, 2.05) is 0 Å². The zero-order valence-corrected chi connectivity index (χ0v) is 15.9. The average molecular weight is 415 g/mol. The van der Waals surface area contributed by atoms with Crippen molar-refractivity contribution in [1.82, 2.24) is 5.32 Å². The number of hydrogen-bond acceptors (Lipinski definition) is 4. The summed E-state index contributed by atoms with van der Waals surface area (Å²) >= 11 is 0. The number of benzene rings is 2. The number of carbonyl (C=O) groups is 3. The molecule has 0 radical (unpaired) electrons. The number of halogens is 2. The van der Waals surface area contributed by atoms with E-state index >= 15 is 0 Å². The molecule has 156 valence electrons. The van der Waals surface area contributed by atoms with Gasteiger partial charge in [-0.3, -0.25) is 14.4 Å². The quantitative estimate of drug-likeness (QED) is 0.661. The van der Waals surface area contributed by atoms with E-state index in [4.69, 9.17) is 0 Å². The van der Waals surface area contributed by atoms with Gasteiger partial charge < -0.3 is 20.6 Å². The maximum absolute atomic E-state index is 13.7. The number of hydrogen-bond donors (Lipinski definition) is 3. The van der Waals surface area contributed by atoms with Crippen LogP contribution in [0.4, 0.5) is 20.2 Å². The van der Waals surface area contributed by atoms with Crippen molar-refractivity contribution in [3.63, 3.8) is 0 Å². The van der Waals surface area contributed by atoms with E-state index < -0.39 is 35.6 Å². The molecular weight excluding hydrogens is 396 g/mol. The van der Waals surface area contributed by atoms with Crippen molar-refractivity contribution in [3.05, 3.63) is 59.2 Å². The molecule has 3 amide bonds. The first-order valence-electron chi connectivity index (χ1n) is 9.48. The molecule has 1 saturated heterocycles. The van der Waals surface area contributed by atoms with Crippen LogP contribution in [0.3, 0.4) is 0 Å². The molecule has 0 aromatic heterocycles. The Morgan fingerprint density at radius 1 is 1.17 bits per heavy atom. The van der Waals surface area contributed by atoms with Crippen LogP contribution in [-0.4, -0.2) is 35.0 Å². The summed E-state index contributed by atoms with van der Waals surface area (Å²) in [6, 6.07) is 8.35. The second kappa shape index (κ2) is 7.49. The van der Waals surface area contributed by atoms with Gasteiger partial charge in [0.2, 0.25) is 11.5 Å². The van der Waals surface area contributed by atoms with Crippen molar-refractivity contribution in [2.75, 3.05) is 16.8 Å². The lowest BCUT2D eigenvalue weighted by molar-refractivity contribution is -0.149. The molecule has 2 aromatic rings. The summed E-state index contributed by atoms with van der Waals surface area (Å²) in [7, 11) is 0. The Morgan fingerprint density at radius 2 is 1.90 bits per heavy atom. The van der Waals surface area contributed by atoms with Crippen LogP contribution in [0.25, 0.3) is 0 Å². The highest BCUT2D eigenvalue weighted by atomic mass is 19.1. The largest absolute Gasteiger partial charge is 0.372 e. The van der Waals surface area contributed by atoms with Crippen LogP contribution in [0, 0.1) is 11.6 Å². The smallest absolute Gasteiger partial charge is 0.268 e. The van der Waals surface area contributed by atoms with E-state index in [1.54, 1.807) is 18.2 Å². The summed E-state index contributed by atoms with van der Waals surface area (Å²) in [6.45, 7) is -0.395. The molecule has 1 fully saturated rings. The molecule has 2 aliphatic rings. The van der Waals surface area contributed by atoms with Crippen LogP contribution in [-0.2, 0) is 27.3 Å². The van der Waals surface area contributed by atoms with Gasteiger partial charge in [0, 0.05) is 42.9 Å². The van der Waals surface area contributed by atoms with Gasteiger partial charge in [-0.1, -0.05) is 6.07 Å². The Labute approximate surface area is 170 Å². The summed E-state index contributed by atoms with van der Waals surface area (Å²) in [5.41, 5.74) is -0.657. The van der Waals surface area contributed by atoms with Crippen LogP contribution in [0.2, 0.25) is 0 Å². The number of amides is 3. The molecule has 3 N–H and O–H groups in total. The fourth-order valence-corrected chi connectivity index (χ4v) is 3.72. The Hall–Kier alpha value is -3.33. The molecule has 2 heterocycles. The highest BCUT2D eigenvalue weighted by molar-refractivity contribution is 6.16. The van der Waals surface area contributed by atoms with E-state index in [2.05, 4.69) is 10.6 Å². The Kier molecular flexibility index (Phi) is 4.98. The molecule has 0 aliphatic carbocycles. The predicted molar refractivity (Wildman–Crippen MR) is 104 cm³/mol. The van der Waals surface area contributed by atoms with Gasteiger partial charge in [0.05, 0.1) is 0 Å². The fraction of sp³-hybridized carbons (Fsp3) is 0.286. The number of carbonyl (C=O) groups excluding carboxylic acids is 3. The minimum Gasteiger partial charge on any atom is -0.372 e. The summed E-state index contributed by atoms with van der Waals surface area (Å²) in [4.78, 5) is 38.1. The summed E-state index contributed by atoms with van der Waals surface area (Å²) < 4.78 is 27.5. The first kappa shape index (κ1) is 20.0. The maximum atomic E-state index is 13.7. The average Bonchev–Trinajstić information content (AvgIpc) is 3.03. The van der Waals surface area contributed by atoms with Gasteiger partial charge in [0.15, 0.2) is 0 Å². The van der Waals surface area contributed by atoms with Crippen molar-refractivity contribution < 1.29 is 28.3 Å². The molecule has 2 aliphatic heterocycles. The third-order valence-corrected chi connectivity index (χ3v) is 5.46. The van der Waals surface area contributed by atoms with E-state index in [-0.39, 0.29) is 24.4 Å². The topological polar surface area (TPSA) is 98.7 Å². The standard InChI is InChI=1S/C21H19F2N3O4/c22-15-2-1-3-16(23)14(15)11-24-19(28)21(30)8-9-26(20(21)29)13-5-6-17-12(10-13)4-7-18(27)25-17/h1-3,5-6,10,30H,4,7-9,11H2,(H,24,28)(H,25,27)/t21-/m0/s1. The van der Waals surface area contributed by atoms with E-state index in [0.717, 1.165) is 17.7 Å². The maximum Gasteiger partial charge on any atom is 0.268 e. The van der Waals surface area contributed by atoms with Crippen molar-refractivity contribution in [3.8, 4) is 0 Å². The van der Waals surface area contributed by atoms with Gasteiger partial charge in [0.1, 0.15) is 11.6 Å². The molecular formula is C21H19F2N3O4. The number of nitrogens with zero attached hydrogens (tertiary/aromatic N) is 1. The normalized spacial score (nSPS) is 20.7. The van der Waals surface area contributed by atoms with E-state index in [1.165, 1.54) is 11.0 Å². The Bertz CT molecular complexity index is 1040. The number of aliphatic hydroxyl groups is 1. The minimum absolute atomic E-state index is 0.0789. The molecule has 2 aromatic carbocycles. The number of aryl methyl sites for hydroxylation is 1. The van der Waals surface area contributed by atoms with E-state index in [0.29, 0.717) is 24.2 Å². The number of rotatable bonds is 4. The fourth-order valence-electron chi connectivity index (χ4n) is 3.72. The molecule has 4 rings (SSSR count). The highest BCUT2D eigenvalue weighted by Gasteiger charge is 2.51. The van der Waals surface area contributed by atoms with Gasteiger partial charge in [-0.2, -0.15) is 0 Å². The minimum atomic E-state index is -2.33. The predicted octanol–water partition coefficient (Wildman–Crippen LogP) is 1.63. The third-order valence-electron chi connectivity index (χ3n) is 5.46. The first-order valence-corrected chi connectivity index (χ1v) is 9.48.